The minimum atomic E-state index is -0.406. The highest BCUT2D eigenvalue weighted by molar-refractivity contribution is 5.89. The molecule has 3 aromatic carbocycles. The van der Waals surface area contributed by atoms with E-state index in [0.717, 1.165) is 11.1 Å². The maximum atomic E-state index is 13.6. The van der Waals surface area contributed by atoms with Crippen LogP contribution in [0.15, 0.2) is 92.9 Å². The molecule has 0 bridgehead atoms. The van der Waals surface area contributed by atoms with Gasteiger partial charge in [0.25, 0.3) is 5.56 Å². The van der Waals surface area contributed by atoms with Crippen LogP contribution in [0.1, 0.15) is 5.56 Å². The summed E-state index contributed by atoms with van der Waals surface area (Å²) in [6.07, 6.45) is 0.629. The van der Waals surface area contributed by atoms with E-state index in [0.29, 0.717) is 35.5 Å². The van der Waals surface area contributed by atoms with E-state index in [-0.39, 0.29) is 11.1 Å². The predicted molar refractivity (Wildman–Crippen MR) is 124 cm³/mol. The highest BCUT2D eigenvalue weighted by atomic mass is 16.5. The van der Waals surface area contributed by atoms with Crippen molar-refractivity contribution in [2.45, 2.75) is 13.0 Å². The lowest BCUT2D eigenvalue weighted by molar-refractivity contribution is 0.414. The standard InChI is InChI=1S/C26H20N2O4/c1-31-19-12-13-20-21(16-19)32-25-22(23(20)29)26(30)28(15-14-17-8-4-2-5-9-17)24(27-25)18-10-6-3-7-11-18/h2-13,16H,14-15H2,1H3. The molecule has 0 N–H and O–H groups in total. The van der Waals surface area contributed by atoms with Gasteiger partial charge in [-0.3, -0.25) is 14.2 Å². The Hall–Kier alpha value is -4.19. The Kier molecular flexibility index (Phi) is 5.03. The van der Waals surface area contributed by atoms with E-state index in [1.165, 1.54) is 7.11 Å². The quantitative estimate of drug-likeness (QED) is 0.391. The maximum absolute atomic E-state index is 13.6. The number of aromatic nitrogens is 2. The molecule has 0 unspecified atom stereocenters. The van der Waals surface area contributed by atoms with Crippen molar-refractivity contribution in [3.63, 3.8) is 0 Å². The Morgan fingerprint density at radius 2 is 1.66 bits per heavy atom. The molecule has 32 heavy (non-hydrogen) atoms. The number of ether oxygens (including phenoxy) is 1. The van der Waals surface area contributed by atoms with Crippen molar-refractivity contribution >= 4 is 22.1 Å². The third-order valence-corrected chi connectivity index (χ3v) is 5.50. The first-order valence-electron chi connectivity index (χ1n) is 10.3. The zero-order valence-corrected chi connectivity index (χ0v) is 17.4. The third-order valence-electron chi connectivity index (χ3n) is 5.50. The van der Waals surface area contributed by atoms with E-state index in [9.17, 15) is 9.59 Å². The highest BCUT2D eigenvalue weighted by Gasteiger charge is 2.19. The lowest BCUT2D eigenvalue weighted by Crippen LogP contribution is -2.28. The summed E-state index contributed by atoms with van der Waals surface area (Å²) in [4.78, 5) is 31.4. The summed E-state index contributed by atoms with van der Waals surface area (Å²) in [5.74, 6) is 1.02. The van der Waals surface area contributed by atoms with Crippen molar-refractivity contribution in [3.8, 4) is 17.1 Å². The Morgan fingerprint density at radius 3 is 2.38 bits per heavy atom. The number of rotatable bonds is 5. The van der Waals surface area contributed by atoms with Crippen molar-refractivity contribution in [2.75, 3.05) is 7.11 Å². The molecule has 0 aliphatic carbocycles. The smallest absolute Gasteiger partial charge is 0.269 e. The number of fused-ring (bicyclic) bond motifs is 2. The number of benzene rings is 3. The van der Waals surface area contributed by atoms with E-state index >= 15 is 0 Å². The molecule has 0 radical (unpaired) electrons. The van der Waals surface area contributed by atoms with Gasteiger partial charge in [-0.05, 0) is 24.1 Å². The molecule has 158 valence electrons. The number of hydrogen-bond donors (Lipinski definition) is 0. The summed E-state index contributed by atoms with van der Waals surface area (Å²) in [5, 5.41) is 0.273. The molecule has 0 fully saturated rings. The van der Waals surface area contributed by atoms with Crippen LogP contribution in [0.2, 0.25) is 0 Å². The largest absolute Gasteiger partial charge is 0.497 e. The second kappa shape index (κ2) is 8.15. The van der Waals surface area contributed by atoms with Gasteiger partial charge in [-0.1, -0.05) is 60.7 Å². The van der Waals surface area contributed by atoms with Gasteiger partial charge in [0, 0.05) is 18.2 Å². The van der Waals surface area contributed by atoms with Crippen LogP contribution in [0.3, 0.4) is 0 Å². The van der Waals surface area contributed by atoms with Gasteiger partial charge in [-0.15, -0.1) is 0 Å². The molecule has 2 aromatic heterocycles. The van der Waals surface area contributed by atoms with Crippen molar-refractivity contribution in [3.05, 3.63) is 105 Å². The molecule has 0 atom stereocenters. The molecule has 0 aliphatic rings. The molecule has 6 nitrogen and oxygen atoms in total. The van der Waals surface area contributed by atoms with Crippen LogP contribution in [0.5, 0.6) is 5.75 Å². The first-order chi connectivity index (χ1) is 15.7. The topological polar surface area (TPSA) is 74.3 Å². The van der Waals surface area contributed by atoms with Crippen molar-refractivity contribution in [1.82, 2.24) is 9.55 Å². The molecule has 5 rings (SSSR count). The van der Waals surface area contributed by atoms with Gasteiger partial charge < -0.3 is 9.15 Å². The van der Waals surface area contributed by atoms with Crippen LogP contribution in [0.25, 0.3) is 33.5 Å². The fourth-order valence-corrected chi connectivity index (χ4v) is 3.84. The molecule has 0 spiro atoms. The van der Waals surface area contributed by atoms with Gasteiger partial charge in [-0.25, -0.2) is 0 Å². The van der Waals surface area contributed by atoms with E-state index < -0.39 is 11.0 Å². The fraction of sp³-hybridized carbons (Fsp3) is 0.115. The third kappa shape index (κ3) is 3.46. The summed E-state index contributed by atoms with van der Waals surface area (Å²) in [6.45, 7) is 0.385. The first kappa shape index (κ1) is 19.8. The zero-order chi connectivity index (χ0) is 22.1. The normalized spacial score (nSPS) is 11.2. The van der Waals surface area contributed by atoms with Crippen LogP contribution < -0.4 is 15.7 Å². The van der Waals surface area contributed by atoms with Crippen LogP contribution in [0.4, 0.5) is 0 Å². The maximum Gasteiger partial charge on any atom is 0.269 e. The minimum absolute atomic E-state index is 0.0237. The second-order valence-corrected chi connectivity index (χ2v) is 7.47. The van der Waals surface area contributed by atoms with Crippen LogP contribution in [-0.4, -0.2) is 16.7 Å². The van der Waals surface area contributed by atoms with Crippen molar-refractivity contribution in [1.29, 1.82) is 0 Å². The highest BCUT2D eigenvalue weighted by Crippen LogP contribution is 2.23. The first-order valence-corrected chi connectivity index (χ1v) is 10.3. The molecule has 0 saturated carbocycles. The molecule has 0 saturated heterocycles. The van der Waals surface area contributed by atoms with Crippen LogP contribution >= 0.6 is 0 Å². The Bertz CT molecular complexity index is 1540. The summed E-state index contributed by atoms with van der Waals surface area (Å²) in [7, 11) is 1.54. The summed E-state index contributed by atoms with van der Waals surface area (Å²) in [5.41, 5.74) is 1.42. The summed E-state index contributed by atoms with van der Waals surface area (Å²) < 4.78 is 12.7. The van der Waals surface area contributed by atoms with E-state index in [1.807, 2.05) is 60.7 Å². The number of hydrogen-bond acceptors (Lipinski definition) is 5. The van der Waals surface area contributed by atoms with Gasteiger partial charge >= 0.3 is 0 Å². The monoisotopic (exact) mass is 424 g/mol. The molecule has 5 aromatic rings. The lowest BCUT2D eigenvalue weighted by Gasteiger charge is -2.13. The summed E-state index contributed by atoms with van der Waals surface area (Å²) >= 11 is 0. The molecule has 6 heteroatoms. The molecular formula is C26H20N2O4. The molecule has 0 amide bonds. The molecule has 0 aliphatic heterocycles. The average molecular weight is 424 g/mol. The Labute approximate surface area is 183 Å². The van der Waals surface area contributed by atoms with E-state index in [1.54, 1.807) is 22.8 Å². The van der Waals surface area contributed by atoms with E-state index in [2.05, 4.69) is 4.98 Å². The number of methoxy groups -OCH3 is 1. The Balaban J connectivity index is 1.77. The van der Waals surface area contributed by atoms with Crippen LogP contribution in [0, 0.1) is 0 Å². The number of aryl methyl sites for hydroxylation is 1. The SMILES string of the molecule is COc1ccc2c(=O)c3c(=O)n(CCc4ccccc4)c(-c4ccccc4)nc3oc2c1. The van der Waals surface area contributed by atoms with Gasteiger partial charge in [0.1, 0.15) is 17.2 Å². The predicted octanol–water partition coefficient (Wildman–Crippen LogP) is 4.42. The minimum Gasteiger partial charge on any atom is -0.497 e. The van der Waals surface area contributed by atoms with Gasteiger partial charge in [0.05, 0.1) is 12.5 Å². The lowest BCUT2D eigenvalue weighted by atomic mass is 10.1. The van der Waals surface area contributed by atoms with Gasteiger partial charge in [0.2, 0.25) is 11.1 Å². The van der Waals surface area contributed by atoms with Gasteiger partial charge in [-0.2, -0.15) is 4.98 Å². The summed E-state index contributed by atoms with van der Waals surface area (Å²) in [6, 6.07) is 24.2. The Morgan fingerprint density at radius 1 is 0.938 bits per heavy atom. The van der Waals surface area contributed by atoms with Crippen molar-refractivity contribution < 1.29 is 9.15 Å². The second-order valence-electron chi connectivity index (χ2n) is 7.47. The fourth-order valence-electron chi connectivity index (χ4n) is 3.84. The molecule has 2 heterocycles. The van der Waals surface area contributed by atoms with E-state index in [4.69, 9.17) is 9.15 Å². The number of nitrogens with zero attached hydrogens (tertiary/aromatic N) is 2. The van der Waals surface area contributed by atoms with Crippen LogP contribution in [-0.2, 0) is 13.0 Å². The zero-order valence-electron chi connectivity index (χ0n) is 17.4. The average Bonchev–Trinajstić information content (AvgIpc) is 2.84. The molecular weight excluding hydrogens is 404 g/mol. The van der Waals surface area contributed by atoms with Gasteiger partial charge in [0.15, 0.2) is 5.39 Å². The van der Waals surface area contributed by atoms with Crippen molar-refractivity contribution in [2.24, 2.45) is 0 Å².